The summed E-state index contributed by atoms with van der Waals surface area (Å²) in [5.74, 6) is 0. The van der Waals surface area contributed by atoms with Crippen LogP contribution in [0, 0.1) is 0 Å². The molecule has 26 heavy (non-hydrogen) atoms. The van der Waals surface area contributed by atoms with Crippen LogP contribution in [0.2, 0.25) is 5.02 Å². The largest absolute Gasteiger partial charge is 0.444 e. The van der Waals surface area contributed by atoms with Crippen molar-refractivity contribution in [2.75, 3.05) is 6.54 Å². The Morgan fingerprint density at radius 2 is 2.08 bits per heavy atom. The minimum Gasteiger partial charge on any atom is -0.444 e. The first kappa shape index (κ1) is 18.9. The summed E-state index contributed by atoms with van der Waals surface area (Å²) >= 11 is 7.63. The van der Waals surface area contributed by atoms with Gasteiger partial charge in [0, 0.05) is 11.6 Å². The average molecular weight is 392 g/mol. The lowest BCUT2D eigenvalue weighted by atomic mass is 9.82. The zero-order chi connectivity index (χ0) is 18.9. The summed E-state index contributed by atoms with van der Waals surface area (Å²) in [4.78, 5) is 26.6. The molecular formula is C20H22ClNO3S. The van der Waals surface area contributed by atoms with E-state index in [1.165, 1.54) is 11.3 Å². The van der Waals surface area contributed by atoms with Crippen LogP contribution in [0.1, 0.15) is 54.4 Å². The van der Waals surface area contributed by atoms with Crippen LogP contribution in [0.25, 0.3) is 0 Å². The molecule has 2 heterocycles. The summed E-state index contributed by atoms with van der Waals surface area (Å²) in [6, 6.07) is 9.44. The molecule has 0 spiro atoms. The fraction of sp³-hybridized carbons (Fsp3) is 0.400. The second-order valence-corrected chi connectivity index (χ2v) is 8.84. The molecule has 138 valence electrons. The number of hydrogen-bond donors (Lipinski definition) is 0. The molecule has 1 aromatic heterocycles. The molecule has 0 bridgehead atoms. The van der Waals surface area contributed by atoms with Crippen LogP contribution < -0.4 is 0 Å². The van der Waals surface area contributed by atoms with Gasteiger partial charge in [0.15, 0.2) is 6.29 Å². The van der Waals surface area contributed by atoms with Crippen LogP contribution in [0.4, 0.5) is 4.79 Å². The zero-order valence-corrected chi connectivity index (χ0v) is 16.7. The van der Waals surface area contributed by atoms with Crippen LogP contribution in [0.3, 0.4) is 0 Å². The van der Waals surface area contributed by atoms with Crippen molar-refractivity contribution in [1.29, 1.82) is 0 Å². The first-order valence-electron chi connectivity index (χ1n) is 8.57. The molecule has 1 atom stereocenters. The number of hydrogen-bond acceptors (Lipinski definition) is 4. The van der Waals surface area contributed by atoms with E-state index in [4.69, 9.17) is 16.3 Å². The minimum atomic E-state index is -0.676. The molecule has 0 unspecified atom stereocenters. The highest BCUT2D eigenvalue weighted by Gasteiger charge is 2.48. The molecule has 1 aromatic carbocycles. The molecule has 0 radical (unpaired) electrons. The Morgan fingerprint density at radius 3 is 2.69 bits per heavy atom. The molecule has 3 rings (SSSR count). The topological polar surface area (TPSA) is 46.6 Å². The van der Waals surface area contributed by atoms with Crippen LogP contribution in [-0.2, 0) is 10.3 Å². The lowest BCUT2D eigenvalue weighted by molar-refractivity contribution is 0.0131. The van der Waals surface area contributed by atoms with Crippen LogP contribution in [-0.4, -0.2) is 29.4 Å². The summed E-state index contributed by atoms with van der Waals surface area (Å²) in [6.07, 6.45) is 2.08. The van der Waals surface area contributed by atoms with Gasteiger partial charge in [-0.1, -0.05) is 23.7 Å². The molecule has 1 aliphatic heterocycles. The number of ether oxygens (including phenoxy) is 1. The van der Waals surface area contributed by atoms with Gasteiger partial charge in [0.05, 0.1) is 10.4 Å². The fourth-order valence-electron chi connectivity index (χ4n) is 3.53. The Bertz CT molecular complexity index is 826. The molecule has 1 fully saturated rings. The Labute approximate surface area is 162 Å². The highest BCUT2D eigenvalue weighted by Crippen LogP contribution is 2.46. The number of carbonyl (C=O) groups is 2. The zero-order valence-electron chi connectivity index (χ0n) is 15.1. The molecule has 6 heteroatoms. The summed E-state index contributed by atoms with van der Waals surface area (Å²) in [7, 11) is 0. The third kappa shape index (κ3) is 3.51. The molecule has 1 amide bonds. The second kappa shape index (κ2) is 7.05. The predicted molar refractivity (Wildman–Crippen MR) is 104 cm³/mol. The van der Waals surface area contributed by atoms with E-state index in [1.54, 1.807) is 4.90 Å². The quantitative estimate of drug-likeness (QED) is 0.650. The maximum Gasteiger partial charge on any atom is 0.411 e. The van der Waals surface area contributed by atoms with Crippen molar-refractivity contribution in [1.82, 2.24) is 4.90 Å². The fourth-order valence-corrected chi connectivity index (χ4v) is 4.49. The van der Waals surface area contributed by atoms with Crippen molar-refractivity contribution in [3.8, 4) is 0 Å². The lowest BCUT2D eigenvalue weighted by Crippen LogP contribution is -2.47. The summed E-state index contributed by atoms with van der Waals surface area (Å²) in [5, 5.41) is 2.57. The van der Waals surface area contributed by atoms with Crippen molar-refractivity contribution in [2.24, 2.45) is 0 Å². The number of amides is 1. The monoisotopic (exact) mass is 391 g/mol. The smallest absolute Gasteiger partial charge is 0.411 e. The van der Waals surface area contributed by atoms with Crippen LogP contribution in [0.15, 0.2) is 35.7 Å². The molecule has 1 saturated heterocycles. The van der Waals surface area contributed by atoms with Crippen molar-refractivity contribution < 1.29 is 14.3 Å². The number of benzene rings is 1. The van der Waals surface area contributed by atoms with Crippen molar-refractivity contribution in [2.45, 2.75) is 44.8 Å². The number of halogens is 1. The minimum absolute atomic E-state index is 0.353. The highest BCUT2D eigenvalue weighted by molar-refractivity contribution is 7.11. The molecule has 4 nitrogen and oxygen atoms in total. The number of aldehydes is 1. The van der Waals surface area contributed by atoms with Crippen LogP contribution >= 0.6 is 22.9 Å². The van der Waals surface area contributed by atoms with Crippen molar-refractivity contribution in [3.05, 3.63) is 56.7 Å². The maximum atomic E-state index is 13.0. The van der Waals surface area contributed by atoms with Gasteiger partial charge in [-0.25, -0.2) is 4.79 Å². The molecule has 0 aliphatic carbocycles. The Morgan fingerprint density at radius 1 is 1.31 bits per heavy atom. The van der Waals surface area contributed by atoms with E-state index in [2.05, 4.69) is 0 Å². The first-order chi connectivity index (χ1) is 12.3. The third-order valence-electron chi connectivity index (χ3n) is 4.51. The number of nitrogens with zero attached hydrogens (tertiary/aromatic N) is 1. The highest BCUT2D eigenvalue weighted by atomic mass is 35.5. The summed E-state index contributed by atoms with van der Waals surface area (Å²) in [6.45, 7) is 6.17. The van der Waals surface area contributed by atoms with E-state index in [1.807, 2.05) is 56.5 Å². The number of thiophene rings is 1. The molecule has 0 N–H and O–H groups in total. The van der Waals surface area contributed by atoms with Gasteiger partial charge in [0.25, 0.3) is 0 Å². The Kier molecular flexibility index (Phi) is 5.13. The van der Waals surface area contributed by atoms with Gasteiger partial charge in [-0.15, -0.1) is 11.3 Å². The molecule has 0 saturated carbocycles. The van der Waals surface area contributed by atoms with Crippen LogP contribution in [0.5, 0.6) is 0 Å². The Balaban J connectivity index is 2.14. The first-order valence-corrected chi connectivity index (χ1v) is 9.83. The third-order valence-corrected chi connectivity index (χ3v) is 5.60. The molecule has 2 aromatic rings. The predicted octanol–water partition coefficient (Wildman–Crippen LogP) is 5.49. The molecule has 1 aliphatic rings. The van der Waals surface area contributed by atoms with Gasteiger partial charge >= 0.3 is 6.09 Å². The normalized spacial score (nSPS) is 20.2. The van der Waals surface area contributed by atoms with E-state index < -0.39 is 11.1 Å². The number of carbonyl (C=O) groups excluding carboxylic acids is 2. The van der Waals surface area contributed by atoms with Gasteiger partial charge < -0.3 is 4.74 Å². The van der Waals surface area contributed by atoms with E-state index >= 15 is 0 Å². The SMILES string of the molecule is CC(C)(C)OC(=O)N1CCC[C@@]1(c1cccc(Cl)c1)c1csc(C=O)c1. The standard InChI is InChI=1S/C20H22ClNO3S/c1-19(2,3)25-18(24)22-9-5-8-20(22,14-6-4-7-16(21)10-14)15-11-17(12-23)26-13-15/h4,6-7,10-13H,5,8-9H2,1-3H3/t20-/m1/s1. The van der Waals surface area contributed by atoms with E-state index in [-0.39, 0.29) is 6.09 Å². The van der Waals surface area contributed by atoms with E-state index in [0.29, 0.717) is 16.4 Å². The summed E-state index contributed by atoms with van der Waals surface area (Å²) < 4.78 is 5.67. The van der Waals surface area contributed by atoms with E-state index in [0.717, 1.165) is 30.3 Å². The van der Waals surface area contributed by atoms with E-state index in [9.17, 15) is 9.59 Å². The van der Waals surface area contributed by atoms with Crippen molar-refractivity contribution in [3.63, 3.8) is 0 Å². The number of rotatable bonds is 3. The van der Waals surface area contributed by atoms with Gasteiger partial charge in [-0.2, -0.15) is 0 Å². The van der Waals surface area contributed by atoms with Gasteiger partial charge in [-0.05, 0) is 68.3 Å². The van der Waals surface area contributed by atoms with Crippen molar-refractivity contribution >= 4 is 35.3 Å². The van der Waals surface area contributed by atoms with Gasteiger partial charge in [0.1, 0.15) is 5.60 Å². The van der Waals surface area contributed by atoms with Gasteiger partial charge in [0.2, 0.25) is 0 Å². The maximum absolute atomic E-state index is 13.0. The lowest BCUT2D eigenvalue weighted by Gasteiger charge is -2.39. The average Bonchev–Trinajstić information content (AvgIpc) is 3.20. The number of likely N-dealkylation sites (tertiary alicyclic amines) is 1. The second-order valence-electron chi connectivity index (χ2n) is 7.46. The van der Waals surface area contributed by atoms with Gasteiger partial charge in [-0.3, -0.25) is 9.69 Å². The molecular weight excluding hydrogens is 370 g/mol. The summed E-state index contributed by atoms with van der Waals surface area (Å²) in [5.41, 5.74) is 0.603. The Hall–Kier alpha value is -1.85.